The molecule has 6 nitrogen and oxygen atoms in total. The molecule has 0 aliphatic rings. The van der Waals surface area contributed by atoms with Gasteiger partial charge in [0.05, 0.1) is 0 Å². The summed E-state index contributed by atoms with van der Waals surface area (Å²) >= 11 is 0. The first-order valence-electron chi connectivity index (χ1n) is 5.96. The van der Waals surface area contributed by atoms with Crippen LogP contribution < -0.4 is 0 Å². The molecule has 0 bridgehead atoms. The smallest absolute Gasteiger partial charge is 0.276 e. The summed E-state index contributed by atoms with van der Waals surface area (Å²) < 4.78 is 9.89. The zero-order valence-corrected chi connectivity index (χ0v) is 11.0. The van der Waals surface area contributed by atoms with E-state index in [-0.39, 0.29) is 24.2 Å². The lowest BCUT2D eigenvalue weighted by Crippen LogP contribution is -2.38. The number of aromatic nitrogens is 1. The van der Waals surface area contributed by atoms with Crippen molar-refractivity contribution in [3.63, 3.8) is 0 Å². The van der Waals surface area contributed by atoms with Gasteiger partial charge in [-0.1, -0.05) is 5.16 Å². The number of hydrogen-bond donors (Lipinski definition) is 1. The topological polar surface area (TPSA) is 75.8 Å². The van der Waals surface area contributed by atoms with E-state index >= 15 is 0 Å². The molecule has 0 atom stereocenters. The number of ether oxygens (including phenoxy) is 1. The average Bonchev–Trinajstić information content (AvgIpc) is 2.78. The van der Waals surface area contributed by atoms with Crippen molar-refractivity contribution in [1.29, 1.82) is 0 Å². The second-order valence-electron chi connectivity index (χ2n) is 4.28. The van der Waals surface area contributed by atoms with Crippen molar-refractivity contribution in [1.82, 2.24) is 10.1 Å². The van der Waals surface area contributed by atoms with Gasteiger partial charge >= 0.3 is 0 Å². The third kappa shape index (κ3) is 3.82. The van der Waals surface area contributed by atoms with E-state index in [0.717, 1.165) is 0 Å². The average molecular weight is 256 g/mol. The molecule has 1 aromatic heterocycles. The highest BCUT2D eigenvalue weighted by Gasteiger charge is 2.21. The molecule has 102 valence electrons. The van der Waals surface area contributed by atoms with Crippen LogP contribution in [0.5, 0.6) is 0 Å². The zero-order chi connectivity index (χ0) is 13.5. The monoisotopic (exact) mass is 256 g/mol. The Morgan fingerprint density at radius 3 is 2.89 bits per heavy atom. The molecule has 0 radical (unpaired) electrons. The molecule has 0 aliphatic heterocycles. The summed E-state index contributed by atoms with van der Waals surface area (Å²) in [5, 5.41) is 12.6. The van der Waals surface area contributed by atoms with Crippen molar-refractivity contribution in [2.75, 3.05) is 20.3 Å². The molecular formula is C12H20N2O4. The van der Waals surface area contributed by atoms with Gasteiger partial charge in [0.2, 0.25) is 0 Å². The summed E-state index contributed by atoms with van der Waals surface area (Å²) in [6.45, 7) is 4.69. The molecule has 1 amide bonds. The fraction of sp³-hybridized carbons (Fsp3) is 0.667. The van der Waals surface area contributed by atoms with E-state index in [2.05, 4.69) is 5.16 Å². The SMILES string of the molecule is COCc1cc(C(=O)N(CCCO)C(C)C)no1. The summed E-state index contributed by atoms with van der Waals surface area (Å²) in [5.74, 6) is 0.330. The summed E-state index contributed by atoms with van der Waals surface area (Å²) in [7, 11) is 1.55. The highest BCUT2D eigenvalue weighted by atomic mass is 16.5. The van der Waals surface area contributed by atoms with Crippen LogP contribution in [0, 0.1) is 0 Å². The van der Waals surface area contributed by atoms with E-state index in [1.54, 1.807) is 18.1 Å². The van der Waals surface area contributed by atoms with Crippen LogP contribution in [0.4, 0.5) is 0 Å². The van der Waals surface area contributed by atoms with Crippen LogP contribution in [0.2, 0.25) is 0 Å². The second-order valence-corrected chi connectivity index (χ2v) is 4.28. The molecule has 1 N–H and O–H groups in total. The third-order valence-electron chi connectivity index (χ3n) is 2.51. The predicted molar refractivity (Wildman–Crippen MR) is 65.1 cm³/mol. The van der Waals surface area contributed by atoms with Gasteiger partial charge in [-0.2, -0.15) is 0 Å². The van der Waals surface area contributed by atoms with E-state index in [0.29, 0.717) is 25.3 Å². The molecule has 0 unspecified atom stereocenters. The normalized spacial score (nSPS) is 10.9. The van der Waals surface area contributed by atoms with Crippen LogP contribution in [0.15, 0.2) is 10.6 Å². The summed E-state index contributed by atoms with van der Waals surface area (Å²) in [6, 6.07) is 1.63. The van der Waals surface area contributed by atoms with E-state index in [4.69, 9.17) is 14.4 Å². The molecule has 1 heterocycles. The number of aliphatic hydroxyl groups is 1. The third-order valence-corrected chi connectivity index (χ3v) is 2.51. The Morgan fingerprint density at radius 1 is 1.61 bits per heavy atom. The van der Waals surface area contributed by atoms with Gasteiger partial charge in [0, 0.05) is 32.4 Å². The summed E-state index contributed by atoms with van der Waals surface area (Å²) in [4.78, 5) is 13.8. The largest absolute Gasteiger partial charge is 0.396 e. The van der Waals surface area contributed by atoms with Crippen LogP contribution in [-0.2, 0) is 11.3 Å². The van der Waals surface area contributed by atoms with Crippen molar-refractivity contribution in [2.45, 2.75) is 32.9 Å². The summed E-state index contributed by atoms with van der Waals surface area (Å²) in [6.07, 6.45) is 0.548. The minimum absolute atomic E-state index is 0.0478. The first-order valence-corrected chi connectivity index (χ1v) is 5.96. The first-order chi connectivity index (χ1) is 8.60. The highest BCUT2D eigenvalue weighted by molar-refractivity contribution is 5.92. The van der Waals surface area contributed by atoms with Crippen LogP contribution in [0.3, 0.4) is 0 Å². The molecule has 1 aromatic rings. The Hall–Kier alpha value is -1.40. The van der Waals surface area contributed by atoms with E-state index in [1.807, 2.05) is 13.8 Å². The Morgan fingerprint density at radius 2 is 2.33 bits per heavy atom. The Kier molecular flexibility index (Phi) is 5.80. The number of carbonyl (C=O) groups excluding carboxylic acids is 1. The number of nitrogens with zero attached hydrogens (tertiary/aromatic N) is 2. The van der Waals surface area contributed by atoms with Crippen molar-refractivity contribution in [2.24, 2.45) is 0 Å². The molecule has 0 saturated heterocycles. The summed E-state index contributed by atoms with van der Waals surface area (Å²) in [5.41, 5.74) is 0.272. The number of hydrogen-bond acceptors (Lipinski definition) is 5. The van der Waals surface area contributed by atoms with Gasteiger partial charge in [-0.15, -0.1) is 0 Å². The van der Waals surface area contributed by atoms with E-state index < -0.39 is 0 Å². The van der Waals surface area contributed by atoms with Crippen molar-refractivity contribution < 1.29 is 19.2 Å². The molecule has 18 heavy (non-hydrogen) atoms. The Labute approximate surface area is 107 Å². The predicted octanol–water partition coefficient (Wildman–Crippen LogP) is 1.05. The van der Waals surface area contributed by atoms with Crippen LogP contribution in [0.1, 0.15) is 36.5 Å². The zero-order valence-electron chi connectivity index (χ0n) is 11.0. The van der Waals surface area contributed by atoms with Crippen LogP contribution >= 0.6 is 0 Å². The number of carbonyl (C=O) groups is 1. The number of methoxy groups -OCH3 is 1. The fourth-order valence-electron chi connectivity index (χ4n) is 1.61. The van der Waals surface area contributed by atoms with Crippen molar-refractivity contribution in [3.05, 3.63) is 17.5 Å². The second kappa shape index (κ2) is 7.13. The van der Waals surface area contributed by atoms with Crippen LogP contribution in [0.25, 0.3) is 0 Å². The van der Waals surface area contributed by atoms with Crippen molar-refractivity contribution >= 4 is 5.91 Å². The van der Waals surface area contributed by atoms with Gasteiger partial charge < -0.3 is 19.3 Å². The van der Waals surface area contributed by atoms with Gasteiger partial charge in [0.15, 0.2) is 11.5 Å². The number of amides is 1. The lowest BCUT2D eigenvalue weighted by atomic mass is 10.2. The van der Waals surface area contributed by atoms with Crippen LogP contribution in [-0.4, -0.2) is 47.4 Å². The molecule has 6 heteroatoms. The molecule has 0 aromatic carbocycles. The molecule has 0 fully saturated rings. The molecule has 0 spiro atoms. The molecule has 0 aliphatic carbocycles. The Balaban J connectivity index is 2.74. The molecule has 1 rings (SSSR count). The number of rotatable bonds is 7. The quantitative estimate of drug-likeness (QED) is 0.789. The minimum atomic E-state index is -0.190. The van der Waals surface area contributed by atoms with Gasteiger partial charge in [-0.05, 0) is 20.3 Å². The Bertz CT molecular complexity index is 376. The van der Waals surface area contributed by atoms with Gasteiger partial charge in [-0.25, -0.2) is 0 Å². The fourth-order valence-corrected chi connectivity index (χ4v) is 1.61. The van der Waals surface area contributed by atoms with Gasteiger partial charge in [0.1, 0.15) is 6.61 Å². The maximum absolute atomic E-state index is 12.2. The standard InChI is InChI=1S/C12H20N2O4/c1-9(2)14(5-4-6-15)12(16)11-7-10(8-17-3)18-13-11/h7,9,15H,4-6,8H2,1-3H3. The van der Waals surface area contributed by atoms with E-state index in [1.165, 1.54) is 0 Å². The maximum atomic E-state index is 12.2. The highest BCUT2D eigenvalue weighted by Crippen LogP contribution is 2.11. The first kappa shape index (κ1) is 14.7. The lowest BCUT2D eigenvalue weighted by Gasteiger charge is -2.25. The maximum Gasteiger partial charge on any atom is 0.276 e. The molecule has 0 saturated carbocycles. The van der Waals surface area contributed by atoms with E-state index in [9.17, 15) is 4.79 Å². The molecular weight excluding hydrogens is 236 g/mol. The van der Waals surface area contributed by atoms with Gasteiger partial charge in [0.25, 0.3) is 5.91 Å². The van der Waals surface area contributed by atoms with Gasteiger partial charge in [-0.3, -0.25) is 4.79 Å². The lowest BCUT2D eigenvalue weighted by molar-refractivity contribution is 0.0682. The minimum Gasteiger partial charge on any atom is -0.396 e. The number of aliphatic hydroxyl groups excluding tert-OH is 1. The van der Waals surface area contributed by atoms with Crippen molar-refractivity contribution in [3.8, 4) is 0 Å².